The quantitative estimate of drug-likeness (QED) is 0.442. The fourth-order valence-electron chi connectivity index (χ4n) is 3.17. The predicted molar refractivity (Wildman–Crippen MR) is 107 cm³/mol. The topological polar surface area (TPSA) is 83.0 Å². The van der Waals surface area contributed by atoms with E-state index in [1.165, 1.54) is 0 Å². The van der Waals surface area contributed by atoms with E-state index in [0.29, 0.717) is 25.5 Å². The molecule has 0 radical (unpaired) electrons. The zero-order valence-corrected chi connectivity index (χ0v) is 15.8. The number of nitrogens with two attached hydrogens (primary N) is 1. The molecule has 2 heterocycles. The predicted octanol–water partition coefficient (Wildman–Crippen LogP) is 3.72. The van der Waals surface area contributed by atoms with E-state index in [4.69, 9.17) is 15.5 Å². The summed E-state index contributed by atoms with van der Waals surface area (Å²) in [7, 11) is 0. The lowest BCUT2D eigenvalue weighted by Crippen LogP contribution is -2.06. The van der Waals surface area contributed by atoms with Gasteiger partial charge in [0.15, 0.2) is 10.9 Å². The van der Waals surface area contributed by atoms with Gasteiger partial charge in [0, 0.05) is 25.0 Å². The Bertz CT molecular complexity index is 923. The number of aryl methyl sites for hydroxylation is 1. The van der Waals surface area contributed by atoms with Crippen molar-refractivity contribution in [3.63, 3.8) is 0 Å². The number of fused-ring (bicyclic) bond motifs is 3. The summed E-state index contributed by atoms with van der Waals surface area (Å²) in [5, 5.41) is 0.984. The Morgan fingerprint density at radius 1 is 1.23 bits per heavy atom. The van der Waals surface area contributed by atoms with Gasteiger partial charge in [-0.15, -0.1) is 12.6 Å². The third-order valence-electron chi connectivity index (χ3n) is 4.40. The number of aromatic nitrogens is 3. The first kappa shape index (κ1) is 18.7. The molecule has 0 saturated carbocycles. The van der Waals surface area contributed by atoms with Crippen molar-refractivity contribution in [2.45, 2.75) is 45.8 Å². The summed E-state index contributed by atoms with van der Waals surface area (Å²) < 4.78 is 7.79. The van der Waals surface area contributed by atoms with E-state index in [1.54, 1.807) is 0 Å². The normalized spacial score (nSPS) is 11.5. The molecule has 138 valence electrons. The van der Waals surface area contributed by atoms with Gasteiger partial charge < -0.3 is 15.0 Å². The van der Waals surface area contributed by atoms with Gasteiger partial charge in [0.05, 0.1) is 11.0 Å². The average Bonchev–Trinajstić information content (AvgIpc) is 2.99. The maximum absolute atomic E-state index is 11.0. The number of imidazole rings is 1. The van der Waals surface area contributed by atoms with Crippen molar-refractivity contribution in [3.05, 3.63) is 30.1 Å². The number of nitrogens with zero attached hydrogens (tertiary/aromatic N) is 3. The first-order valence-corrected chi connectivity index (χ1v) is 9.39. The molecule has 3 aromatic rings. The third-order valence-corrected chi connectivity index (χ3v) is 4.62. The molecule has 0 aliphatic rings. The van der Waals surface area contributed by atoms with Crippen LogP contribution in [0.25, 0.3) is 21.9 Å². The molecule has 0 spiro atoms. The second kappa shape index (κ2) is 8.51. The zero-order chi connectivity index (χ0) is 18.5. The maximum atomic E-state index is 11.0. The van der Waals surface area contributed by atoms with Gasteiger partial charge in [0.2, 0.25) is 0 Å². The number of carbonyl (C=O) groups excluding carboxylic acids is 1. The van der Waals surface area contributed by atoms with Crippen LogP contribution in [-0.2, 0) is 22.7 Å². The van der Waals surface area contributed by atoms with Gasteiger partial charge in [-0.1, -0.05) is 24.6 Å². The summed E-state index contributed by atoms with van der Waals surface area (Å²) in [5.41, 5.74) is 8.77. The molecule has 2 aromatic heterocycles. The Kier molecular flexibility index (Phi) is 6.11. The van der Waals surface area contributed by atoms with Gasteiger partial charge in [-0.3, -0.25) is 4.79 Å². The highest BCUT2D eigenvalue weighted by Gasteiger charge is 2.17. The van der Waals surface area contributed by atoms with Crippen molar-refractivity contribution in [1.82, 2.24) is 14.5 Å². The van der Waals surface area contributed by atoms with Crippen LogP contribution < -0.4 is 5.73 Å². The molecule has 26 heavy (non-hydrogen) atoms. The molecule has 1 aromatic carbocycles. The molecule has 3 rings (SSSR count). The van der Waals surface area contributed by atoms with Gasteiger partial charge in [-0.2, -0.15) is 0 Å². The van der Waals surface area contributed by atoms with Crippen LogP contribution in [0.5, 0.6) is 0 Å². The Morgan fingerprint density at radius 3 is 2.81 bits per heavy atom. The molecule has 0 saturated heterocycles. The van der Waals surface area contributed by atoms with E-state index in [0.717, 1.165) is 53.6 Å². The minimum atomic E-state index is -0.0556. The Hall–Kier alpha value is -2.12. The minimum absolute atomic E-state index is 0.0556. The third kappa shape index (κ3) is 3.99. The fourth-order valence-corrected chi connectivity index (χ4v) is 3.33. The number of thiol groups is 1. The highest BCUT2D eigenvalue weighted by Crippen LogP contribution is 2.29. The lowest BCUT2D eigenvalue weighted by Gasteiger charge is -2.11. The molecule has 0 aliphatic heterocycles. The van der Waals surface area contributed by atoms with E-state index >= 15 is 0 Å². The van der Waals surface area contributed by atoms with Crippen molar-refractivity contribution in [3.8, 4) is 0 Å². The van der Waals surface area contributed by atoms with E-state index < -0.39 is 0 Å². The van der Waals surface area contributed by atoms with Gasteiger partial charge >= 0.3 is 0 Å². The van der Waals surface area contributed by atoms with Gasteiger partial charge in [-0.25, -0.2) is 9.97 Å². The van der Waals surface area contributed by atoms with E-state index in [-0.39, 0.29) is 5.12 Å². The lowest BCUT2D eigenvalue weighted by molar-refractivity contribution is -0.110. The number of carbonyl (C=O) groups is 1. The minimum Gasteiger partial charge on any atom is -0.382 e. The van der Waals surface area contributed by atoms with Crippen LogP contribution in [0.1, 0.15) is 38.4 Å². The Balaban J connectivity index is 1.97. The van der Waals surface area contributed by atoms with E-state index in [1.807, 2.05) is 31.2 Å². The van der Waals surface area contributed by atoms with Crippen LogP contribution in [0.3, 0.4) is 0 Å². The monoisotopic (exact) mass is 372 g/mol. The molecule has 2 N–H and O–H groups in total. The summed E-state index contributed by atoms with van der Waals surface area (Å²) in [6, 6.07) is 7.96. The summed E-state index contributed by atoms with van der Waals surface area (Å²) in [5.74, 6) is 1.30. The molecule has 7 heteroatoms. The number of unbranched alkanes of at least 4 members (excludes halogenated alkanes) is 2. The number of nitrogen functional groups attached to an aromatic ring is 1. The van der Waals surface area contributed by atoms with Gasteiger partial charge in [0.1, 0.15) is 17.9 Å². The number of pyridine rings is 1. The van der Waals surface area contributed by atoms with Crippen LogP contribution in [0.4, 0.5) is 5.82 Å². The number of para-hydroxylation sites is 1. The molecule has 0 amide bonds. The molecular weight excluding hydrogens is 348 g/mol. The lowest BCUT2D eigenvalue weighted by atomic mass is 10.1. The number of rotatable bonds is 9. The summed E-state index contributed by atoms with van der Waals surface area (Å²) in [6.45, 7) is 3.83. The number of anilines is 1. The molecule has 0 atom stereocenters. The second-order valence-electron chi connectivity index (χ2n) is 6.23. The number of ether oxygens (including phenoxy) is 1. The van der Waals surface area contributed by atoms with Crippen molar-refractivity contribution >= 4 is 45.5 Å². The second-order valence-corrected chi connectivity index (χ2v) is 6.73. The van der Waals surface area contributed by atoms with Gasteiger partial charge in [0.25, 0.3) is 0 Å². The summed E-state index contributed by atoms with van der Waals surface area (Å²) >= 11 is 3.82. The molecular formula is C19H24N4O2S. The SMILES string of the molecule is CCOCc1nc2c(N)nc3ccccc3c2n1CCCCCC(=O)S. The van der Waals surface area contributed by atoms with E-state index in [2.05, 4.69) is 22.2 Å². The molecule has 0 bridgehead atoms. The maximum Gasteiger partial charge on any atom is 0.185 e. The molecule has 6 nitrogen and oxygen atoms in total. The number of hydrogen-bond donors (Lipinski definition) is 2. The summed E-state index contributed by atoms with van der Waals surface area (Å²) in [4.78, 5) is 20.2. The van der Waals surface area contributed by atoms with Crippen molar-refractivity contribution in [2.24, 2.45) is 0 Å². The highest BCUT2D eigenvalue weighted by molar-refractivity contribution is 7.96. The molecule has 0 fully saturated rings. The van der Waals surface area contributed by atoms with Crippen molar-refractivity contribution in [2.75, 3.05) is 12.3 Å². The van der Waals surface area contributed by atoms with Crippen LogP contribution in [0.2, 0.25) is 0 Å². The average molecular weight is 372 g/mol. The summed E-state index contributed by atoms with van der Waals surface area (Å²) in [6.07, 6.45) is 3.26. The smallest absolute Gasteiger partial charge is 0.185 e. The fraction of sp³-hybridized carbons (Fsp3) is 0.421. The first-order valence-electron chi connectivity index (χ1n) is 8.94. The number of benzene rings is 1. The number of hydrogen-bond acceptors (Lipinski definition) is 5. The van der Waals surface area contributed by atoms with Crippen molar-refractivity contribution < 1.29 is 9.53 Å². The van der Waals surface area contributed by atoms with Crippen molar-refractivity contribution in [1.29, 1.82) is 0 Å². The first-order chi connectivity index (χ1) is 12.6. The van der Waals surface area contributed by atoms with Crippen LogP contribution in [0, 0.1) is 0 Å². The standard InChI is InChI=1S/C19H24N4O2S/c1-2-25-12-15-22-17-18(23(15)11-7-3-4-10-16(24)26)13-8-5-6-9-14(13)21-19(17)20/h5-6,8-9H,2-4,7,10-12H2,1H3,(H2,20,21)(H,24,26). The van der Waals surface area contributed by atoms with Crippen LogP contribution in [-0.4, -0.2) is 26.3 Å². The van der Waals surface area contributed by atoms with Crippen LogP contribution >= 0.6 is 12.6 Å². The van der Waals surface area contributed by atoms with Crippen LogP contribution in [0.15, 0.2) is 24.3 Å². The Labute approximate surface area is 158 Å². The molecule has 0 aliphatic carbocycles. The van der Waals surface area contributed by atoms with E-state index in [9.17, 15) is 4.79 Å². The van der Waals surface area contributed by atoms with Gasteiger partial charge in [-0.05, 0) is 25.8 Å². The molecule has 0 unspecified atom stereocenters. The zero-order valence-electron chi connectivity index (χ0n) is 14.9. The highest BCUT2D eigenvalue weighted by atomic mass is 32.1. The largest absolute Gasteiger partial charge is 0.382 e. The Morgan fingerprint density at radius 2 is 2.04 bits per heavy atom.